The van der Waals surface area contributed by atoms with Crippen LogP contribution in [0.25, 0.3) is 34.2 Å². The summed E-state index contributed by atoms with van der Waals surface area (Å²) in [6.45, 7) is 8.37. The van der Waals surface area contributed by atoms with E-state index >= 15 is 0 Å². The fourth-order valence-corrected chi connectivity index (χ4v) is 5.58. The van der Waals surface area contributed by atoms with Crippen molar-refractivity contribution < 1.29 is 29.7 Å². The van der Waals surface area contributed by atoms with E-state index in [9.17, 15) is 5.11 Å². The van der Waals surface area contributed by atoms with E-state index < -0.39 is 7.12 Å². The van der Waals surface area contributed by atoms with Crippen molar-refractivity contribution in [3.05, 3.63) is 123 Å². The van der Waals surface area contributed by atoms with Gasteiger partial charge < -0.3 is 29.7 Å². The number of halogens is 3. The summed E-state index contributed by atoms with van der Waals surface area (Å²) in [7, 11) is 1.41. The van der Waals surface area contributed by atoms with Crippen molar-refractivity contribution in [2.24, 2.45) is 0 Å². The van der Waals surface area contributed by atoms with Gasteiger partial charge in [0, 0.05) is 27.2 Å². The van der Waals surface area contributed by atoms with Crippen molar-refractivity contribution in [3.8, 4) is 46.2 Å². The minimum absolute atomic E-state index is 0.0874. The minimum Gasteiger partial charge on any atom is -0.467 e. The summed E-state index contributed by atoms with van der Waals surface area (Å²) in [5.74, 6) is 2.37. The third-order valence-corrected chi connectivity index (χ3v) is 9.06. The summed E-state index contributed by atoms with van der Waals surface area (Å²) >= 11 is 17.8. The molecule has 2 aromatic heterocycles. The van der Waals surface area contributed by atoms with Gasteiger partial charge in [-0.1, -0.05) is 118 Å². The van der Waals surface area contributed by atoms with E-state index in [-0.39, 0.29) is 41.0 Å². The highest BCUT2D eigenvalue weighted by Gasteiger charge is 2.16. The zero-order chi connectivity index (χ0) is 40.9. The first-order chi connectivity index (χ1) is 26.8. The number of hydrogen-bond acceptors (Lipinski definition) is 12. The Kier molecular flexibility index (Phi) is 16.5. The van der Waals surface area contributed by atoms with Crippen LogP contribution in [0, 0.1) is 0 Å². The van der Waals surface area contributed by atoms with Crippen molar-refractivity contribution in [2.75, 3.05) is 14.2 Å². The predicted octanol–water partition coefficient (Wildman–Crippen LogP) is 7.32. The lowest BCUT2D eigenvalue weighted by Crippen LogP contribution is -2.31. The third-order valence-electron chi connectivity index (χ3n) is 8.21. The molecule has 0 unspecified atom stereocenters. The van der Waals surface area contributed by atoms with Crippen LogP contribution in [0.4, 0.5) is 0 Å². The Balaban J connectivity index is 0.000000201. The zero-order valence-corrected chi connectivity index (χ0v) is 33.9. The number of hydrogen-bond donors (Lipinski definition) is 4. The molecule has 0 fully saturated rings. The molecule has 0 aliphatic rings. The number of nitrogens with zero attached hydrogens (tertiary/aromatic N) is 6. The first-order valence-electron chi connectivity index (χ1n) is 17.4. The van der Waals surface area contributed by atoms with Crippen LogP contribution in [0.2, 0.25) is 15.3 Å². The van der Waals surface area contributed by atoms with Crippen LogP contribution in [-0.4, -0.2) is 71.5 Å². The highest BCUT2D eigenvalue weighted by Crippen LogP contribution is 2.30. The number of rotatable bonds is 10. The molecule has 0 aliphatic heterocycles. The maximum Gasteiger partial charge on any atom is 0.489 e. The van der Waals surface area contributed by atoms with Crippen LogP contribution < -0.4 is 14.9 Å². The smallest absolute Gasteiger partial charge is 0.467 e. The maximum absolute atomic E-state index is 9.38. The second-order valence-corrected chi connectivity index (χ2v) is 13.9. The number of benzene rings is 4. The normalized spacial score (nSPS) is 10.7. The van der Waals surface area contributed by atoms with E-state index in [1.54, 1.807) is 24.3 Å². The molecule has 16 heteroatoms. The van der Waals surface area contributed by atoms with Crippen molar-refractivity contribution in [1.29, 1.82) is 0 Å². The maximum atomic E-state index is 9.38. The minimum atomic E-state index is -1.59. The van der Waals surface area contributed by atoms with Crippen LogP contribution in [0.15, 0.2) is 84.9 Å². The Morgan fingerprint density at radius 2 is 1.00 bits per heavy atom. The molecule has 4 N–H and O–H groups in total. The van der Waals surface area contributed by atoms with Crippen LogP contribution in [-0.2, 0) is 13.2 Å². The molecular weight excluding hydrogens is 778 g/mol. The van der Waals surface area contributed by atoms with E-state index in [0.717, 1.165) is 16.7 Å². The first kappa shape index (κ1) is 44.0. The molecule has 0 atom stereocenters. The summed E-state index contributed by atoms with van der Waals surface area (Å²) in [6, 6.07) is 26.4. The highest BCUT2D eigenvalue weighted by molar-refractivity contribution is 6.62. The van der Waals surface area contributed by atoms with Crippen molar-refractivity contribution >= 4 is 47.4 Å². The molecule has 12 nitrogen and oxygen atoms in total. The van der Waals surface area contributed by atoms with Crippen LogP contribution in [0.3, 0.4) is 0 Å². The van der Waals surface area contributed by atoms with Gasteiger partial charge in [-0.2, -0.15) is 24.9 Å². The fraction of sp³-hybridized carbons (Fsp3) is 0.250. The number of aliphatic hydroxyl groups excluding tert-OH is 2. The van der Waals surface area contributed by atoms with Crippen LogP contribution in [0.1, 0.15) is 61.8 Å². The monoisotopic (exact) mass is 818 g/mol. The third kappa shape index (κ3) is 12.1. The largest absolute Gasteiger partial charge is 0.489 e. The number of methoxy groups -OCH3 is 2. The molecule has 6 rings (SSSR count). The highest BCUT2D eigenvalue weighted by atomic mass is 35.5. The van der Waals surface area contributed by atoms with E-state index in [1.165, 1.54) is 37.5 Å². The molecule has 0 saturated heterocycles. The van der Waals surface area contributed by atoms with Gasteiger partial charge in [0.2, 0.25) is 5.28 Å². The SMILES string of the molecule is COc1nc(-c2ccc(C(C)C)cc2)nc(-c2cc(CO)ccc2Cl)n1.COc1nc(Cl)nc(-c2ccc(C(C)C)cc2)n1.OCc1ccc(Cl)c(B(O)O)c1. The fourth-order valence-electron chi connectivity index (χ4n) is 5.02. The van der Waals surface area contributed by atoms with E-state index in [4.69, 9.17) is 59.4 Å². The quantitative estimate of drug-likeness (QED) is 0.102. The molecule has 0 amide bonds. The van der Waals surface area contributed by atoms with Gasteiger partial charge in [0.25, 0.3) is 0 Å². The second kappa shape index (κ2) is 21.0. The zero-order valence-electron chi connectivity index (χ0n) is 31.7. The molecule has 4 aromatic carbocycles. The summed E-state index contributed by atoms with van der Waals surface area (Å²) in [5.41, 5.74) is 6.43. The Morgan fingerprint density at radius 3 is 1.46 bits per heavy atom. The topological polar surface area (TPSA) is 177 Å². The second-order valence-electron chi connectivity index (χ2n) is 12.8. The van der Waals surface area contributed by atoms with Gasteiger partial charge in [0.05, 0.1) is 32.5 Å². The van der Waals surface area contributed by atoms with Crippen molar-refractivity contribution in [2.45, 2.75) is 52.7 Å². The predicted molar refractivity (Wildman–Crippen MR) is 220 cm³/mol. The molecule has 0 spiro atoms. The molecule has 0 bridgehead atoms. The molecular formula is C40H42BCl3N6O6. The molecule has 6 aromatic rings. The molecule has 2 heterocycles. The van der Waals surface area contributed by atoms with Crippen molar-refractivity contribution in [3.63, 3.8) is 0 Å². The van der Waals surface area contributed by atoms with Crippen LogP contribution in [0.5, 0.6) is 12.0 Å². The summed E-state index contributed by atoms with van der Waals surface area (Å²) < 4.78 is 10.2. The standard InChI is InChI=1S/C20H20ClN3O2.C13H14ClN3O.C7H8BClO3/c1-12(2)14-5-7-15(8-6-14)18-22-19(24-20(23-18)26-3)16-10-13(11-25)4-9-17(16)21;1-8(2)9-4-6-10(7-5-9)11-15-12(14)17-13(16-11)18-3;9-7-2-1-5(4-10)3-6(7)8(11)12/h4-10,12,25H,11H2,1-3H3;4-8H,1-3H3;1-3,10-12H,4H2. The average molecular weight is 820 g/mol. The first-order valence-corrected chi connectivity index (χ1v) is 18.5. The van der Waals surface area contributed by atoms with Crippen molar-refractivity contribution in [1.82, 2.24) is 29.9 Å². The average Bonchev–Trinajstić information content (AvgIpc) is 3.21. The van der Waals surface area contributed by atoms with E-state index in [0.29, 0.717) is 45.5 Å². The van der Waals surface area contributed by atoms with Gasteiger partial charge in [-0.05, 0) is 63.9 Å². The Morgan fingerprint density at radius 1 is 0.554 bits per heavy atom. The van der Waals surface area contributed by atoms with Gasteiger partial charge >= 0.3 is 19.1 Å². The van der Waals surface area contributed by atoms with Gasteiger partial charge in [0.1, 0.15) is 0 Å². The van der Waals surface area contributed by atoms with E-state index in [2.05, 4.69) is 81.9 Å². The molecule has 0 aliphatic carbocycles. The molecule has 0 radical (unpaired) electrons. The lowest BCUT2D eigenvalue weighted by atomic mass is 9.79. The number of aliphatic hydroxyl groups is 2. The molecule has 292 valence electrons. The summed E-state index contributed by atoms with van der Waals surface area (Å²) in [6.07, 6.45) is 0. The van der Waals surface area contributed by atoms with E-state index in [1.807, 2.05) is 24.3 Å². The Bertz CT molecular complexity index is 2200. The summed E-state index contributed by atoms with van der Waals surface area (Å²) in [5, 5.41) is 36.6. The Labute approximate surface area is 341 Å². The van der Waals surface area contributed by atoms with Crippen LogP contribution >= 0.6 is 34.8 Å². The lowest BCUT2D eigenvalue weighted by molar-refractivity contribution is 0.281. The summed E-state index contributed by atoms with van der Waals surface area (Å²) in [4.78, 5) is 25.3. The van der Waals surface area contributed by atoms with Gasteiger partial charge in [-0.25, -0.2) is 4.98 Å². The number of aromatic nitrogens is 6. The lowest BCUT2D eigenvalue weighted by Gasteiger charge is -2.10. The Hall–Kier alpha value is -4.73. The van der Waals surface area contributed by atoms with Gasteiger partial charge in [0.15, 0.2) is 17.5 Å². The van der Waals surface area contributed by atoms with Gasteiger partial charge in [-0.15, -0.1) is 0 Å². The molecule has 0 saturated carbocycles. The number of ether oxygens (including phenoxy) is 2. The molecule has 56 heavy (non-hydrogen) atoms. The van der Waals surface area contributed by atoms with Gasteiger partial charge in [-0.3, -0.25) is 0 Å².